The molecule has 2 aliphatic rings. The van der Waals surface area contributed by atoms with Gasteiger partial charge in [-0.3, -0.25) is 9.78 Å². The van der Waals surface area contributed by atoms with Crippen LogP contribution in [-0.4, -0.2) is 61.7 Å². The van der Waals surface area contributed by atoms with Gasteiger partial charge in [0.1, 0.15) is 38.6 Å². The maximum Gasteiger partial charge on any atom is 0.274 e. The predicted molar refractivity (Wildman–Crippen MR) is 145 cm³/mol. The first kappa shape index (κ1) is 28.1. The Hall–Kier alpha value is -3.48. The lowest BCUT2D eigenvalue weighted by molar-refractivity contribution is -0.0273. The molecule has 3 heterocycles. The van der Waals surface area contributed by atoms with Gasteiger partial charge in [0.25, 0.3) is 5.91 Å². The molecule has 2 aromatic heterocycles. The Morgan fingerprint density at radius 3 is 2.77 bits per heavy atom. The summed E-state index contributed by atoms with van der Waals surface area (Å²) in [6.45, 7) is 0.137. The number of nitrogens with two attached hydrogens (primary N) is 1. The fourth-order valence-electron chi connectivity index (χ4n) is 5.51. The minimum absolute atomic E-state index is 0.00435. The van der Waals surface area contributed by atoms with Crippen LogP contribution in [0, 0.1) is 17.6 Å². The largest absolute Gasteiger partial charge is 0.493 e. The van der Waals surface area contributed by atoms with Gasteiger partial charge in [-0.25, -0.2) is 22.2 Å². The minimum Gasteiger partial charge on any atom is -0.493 e. The van der Waals surface area contributed by atoms with Gasteiger partial charge < -0.3 is 20.5 Å². The van der Waals surface area contributed by atoms with Crippen molar-refractivity contribution in [1.82, 2.24) is 9.97 Å². The number of aromatic nitrogens is 2. The normalized spacial score (nSPS) is 23.1. The highest BCUT2D eigenvalue weighted by Gasteiger charge is 2.38. The van der Waals surface area contributed by atoms with Crippen LogP contribution in [0.2, 0.25) is 0 Å². The average molecular weight is 573 g/mol. The Balaban J connectivity index is 1.55. The predicted octanol–water partition coefficient (Wildman–Crippen LogP) is 3.71. The van der Waals surface area contributed by atoms with Gasteiger partial charge >= 0.3 is 0 Å². The summed E-state index contributed by atoms with van der Waals surface area (Å²) in [5.74, 6) is -2.43. The molecule has 1 aliphatic carbocycles. The van der Waals surface area contributed by atoms with E-state index in [2.05, 4.69) is 15.3 Å². The van der Waals surface area contributed by atoms with Gasteiger partial charge in [0, 0.05) is 18.5 Å². The molecule has 12 heteroatoms. The second-order valence-corrected chi connectivity index (χ2v) is 12.5. The molecule has 1 aromatic carbocycles. The molecule has 3 aromatic rings. The molecule has 212 valence electrons. The van der Waals surface area contributed by atoms with Crippen LogP contribution in [0.15, 0.2) is 48.8 Å². The lowest BCUT2D eigenvalue weighted by Gasteiger charge is -2.41. The number of pyridine rings is 2. The van der Waals surface area contributed by atoms with E-state index in [9.17, 15) is 17.6 Å². The second kappa shape index (κ2) is 11.6. The number of sulfone groups is 1. The van der Waals surface area contributed by atoms with E-state index in [-0.39, 0.29) is 53.5 Å². The maximum absolute atomic E-state index is 15.1. The lowest BCUT2D eigenvalue weighted by Crippen LogP contribution is -2.48. The van der Waals surface area contributed by atoms with E-state index < -0.39 is 39.5 Å². The van der Waals surface area contributed by atoms with E-state index in [0.717, 1.165) is 17.9 Å². The number of ether oxygens (including phenoxy) is 2. The summed E-state index contributed by atoms with van der Waals surface area (Å²) in [6, 6.07) is 7.83. The van der Waals surface area contributed by atoms with Crippen LogP contribution < -0.4 is 15.8 Å². The number of carbonyl (C=O) groups is 1. The summed E-state index contributed by atoms with van der Waals surface area (Å²) in [6.07, 6.45) is 5.46. The lowest BCUT2D eigenvalue weighted by atomic mass is 9.72. The van der Waals surface area contributed by atoms with Crippen molar-refractivity contribution < 1.29 is 31.5 Å². The quantitative estimate of drug-likeness (QED) is 0.484. The Morgan fingerprint density at radius 1 is 1.15 bits per heavy atom. The van der Waals surface area contributed by atoms with Crippen LogP contribution in [0.3, 0.4) is 0 Å². The number of nitrogens with one attached hydrogen (secondary N) is 1. The van der Waals surface area contributed by atoms with Crippen molar-refractivity contribution >= 4 is 21.4 Å². The van der Waals surface area contributed by atoms with Crippen LogP contribution in [0.4, 0.5) is 14.5 Å². The van der Waals surface area contributed by atoms with Gasteiger partial charge in [-0.05, 0) is 67.0 Å². The van der Waals surface area contributed by atoms with Crippen molar-refractivity contribution in [3.05, 3.63) is 71.7 Å². The molecule has 9 nitrogen and oxygen atoms in total. The Morgan fingerprint density at radius 2 is 1.98 bits per heavy atom. The van der Waals surface area contributed by atoms with Gasteiger partial charge in [-0.1, -0.05) is 6.07 Å². The van der Waals surface area contributed by atoms with Crippen molar-refractivity contribution in [2.45, 2.75) is 37.3 Å². The molecule has 4 bridgehead atoms. The van der Waals surface area contributed by atoms with Gasteiger partial charge in [0.15, 0.2) is 0 Å². The number of halogens is 2. The van der Waals surface area contributed by atoms with Gasteiger partial charge in [-0.2, -0.15) is 0 Å². The van der Waals surface area contributed by atoms with Crippen LogP contribution in [-0.2, 0) is 14.6 Å². The highest BCUT2D eigenvalue weighted by atomic mass is 32.2. The molecule has 1 fully saturated rings. The second-order valence-electron chi connectivity index (χ2n) is 10.3. The van der Waals surface area contributed by atoms with E-state index in [1.165, 1.54) is 30.5 Å². The number of benzene rings is 1. The van der Waals surface area contributed by atoms with Crippen molar-refractivity contribution in [2.75, 3.05) is 30.5 Å². The molecule has 5 rings (SSSR count). The molecule has 0 saturated heterocycles. The minimum atomic E-state index is -3.23. The molecule has 1 aliphatic heterocycles. The molecule has 4 atom stereocenters. The third-order valence-corrected chi connectivity index (χ3v) is 8.28. The standard InChI is InChI=1S/C28H30F2N4O5S/c1-40(36,37)12-11-39-27-16-8-10-38-24-4-2-3-19(29)25(24)26-20(30)5-6-22(33-26)28(35)34-23-15-32-9-7-18(23)17(13-16)14-21(27)31/h2-7,9,15-17,21,27H,8,10-14,31H2,1H3,(H,34,35). The van der Waals surface area contributed by atoms with Crippen LogP contribution in [0.25, 0.3) is 11.3 Å². The molecular weight excluding hydrogens is 542 g/mol. The van der Waals surface area contributed by atoms with Crippen molar-refractivity contribution in [3.8, 4) is 17.0 Å². The Kier molecular flexibility index (Phi) is 8.11. The summed E-state index contributed by atoms with van der Waals surface area (Å²) in [4.78, 5) is 21.6. The number of amides is 1. The molecule has 4 unspecified atom stereocenters. The summed E-state index contributed by atoms with van der Waals surface area (Å²) in [5, 5.41) is 2.83. The molecule has 3 N–H and O–H groups in total. The number of carbonyl (C=O) groups excluding carboxylic acids is 1. The zero-order valence-electron chi connectivity index (χ0n) is 21.8. The molecule has 1 saturated carbocycles. The fourth-order valence-corrected chi connectivity index (χ4v) is 5.91. The third-order valence-electron chi connectivity index (χ3n) is 7.37. The summed E-state index contributed by atoms with van der Waals surface area (Å²) in [7, 11) is -3.23. The summed E-state index contributed by atoms with van der Waals surface area (Å²) in [5.41, 5.74) is 7.26. The molecular formula is C28H30F2N4O5S. The van der Waals surface area contributed by atoms with Crippen LogP contribution in [0.5, 0.6) is 5.75 Å². The molecule has 1 amide bonds. The number of nitrogens with zero attached hydrogens (tertiary/aromatic N) is 2. The SMILES string of the molecule is CS(=O)(=O)CCOC1C(N)CC2CC1CCOc1cccc(F)c1-c1nc(ccc1F)C(=O)Nc1cnccc12. The number of fused-ring (bicyclic) bond motifs is 8. The molecule has 0 spiro atoms. The average Bonchev–Trinajstić information content (AvgIpc) is 2.90. The first-order chi connectivity index (χ1) is 19.1. The van der Waals surface area contributed by atoms with Crippen LogP contribution >= 0.6 is 0 Å². The van der Waals surface area contributed by atoms with Gasteiger partial charge in [0.2, 0.25) is 0 Å². The van der Waals surface area contributed by atoms with Crippen molar-refractivity contribution in [3.63, 3.8) is 0 Å². The number of hydrogen-bond donors (Lipinski definition) is 2. The van der Waals surface area contributed by atoms with E-state index in [1.54, 1.807) is 6.20 Å². The summed E-state index contributed by atoms with van der Waals surface area (Å²) >= 11 is 0. The zero-order valence-corrected chi connectivity index (χ0v) is 22.7. The third kappa shape index (κ3) is 6.13. The van der Waals surface area contributed by atoms with Gasteiger partial charge in [0.05, 0.1) is 42.5 Å². The fraction of sp³-hybridized carbons (Fsp3) is 0.393. The van der Waals surface area contributed by atoms with E-state index in [0.29, 0.717) is 24.9 Å². The number of anilines is 1. The van der Waals surface area contributed by atoms with Crippen molar-refractivity contribution in [2.24, 2.45) is 11.7 Å². The number of rotatable bonds is 4. The van der Waals surface area contributed by atoms with E-state index in [4.69, 9.17) is 15.2 Å². The van der Waals surface area contributed by atoms with Crippen molar-refractivity contribution in [1.29, 1.82) is 0 Å². The maximum atomic E-state index is 15.1. The van der Waals surface area contributed by atoms with Crippen LogP contribution in [0.1, 0.15) is 41.2 Å². The number of hydrogen-bond acceptors (Lipinski definition) is 8. The Bertz CT molecular complexity index is 1520. The van der Waals surface area contributed by atoms with E-state index >= 15 is 4.39 Å². The highest BCUT2D eigenvalue weighted by Crippen LogP contribution is 2.42. The Labute approximate surface area is 231 Å². The van der Waals surface area contributed by atoms with E-state index in [1.807, 2.05) is 6.07 Å². The molecule has 0 radical (unpaired) electrons. The zero-order chi connectivity index (χ0) is 28.4. The van der Waals surface area contributed by atoms with Gasteiger partial charge in [-0.15, -0.1) is 0 Å². The first-order valence-corrected chi connectivity index (χ1v) is 15.0. The monoisotopic (exact) mass is 572 g/mol. The molecule has 40 heavy (non-hydrogen) atoms. The highest BCUT2D eigenvalue weighted by molar-refractivity contribution is 7.90. The summed E-state index contributed by atoms with van der Waals surface area (Å²) < 4.78 is 65.3. The first-order valence-electron chi connectivity index (χ1n) is 13.0. The smallest absolute Gasteiger partial charge is 0.274 e. The topological polar surface area (TPSA) is 134 Å².